The van der Waals surface area contributed by atoms with Gasteiger partial charge in [0.15, 0.2) is 0 Å². The Bertz CT molecular complexity index is 1160. The minimum atomic E-state index is -0.975. The number of aromatic carboxylic acids is 1. The molecule has 4 rings (SSSR count). The molecule has 1 atom stereocenters. The molecule has 1 amide bonds. The van der Waals surface area contributed by atoms with Crippen LogP contribution in [0.1, 0.15) is 71.1 Å². The molecule has 0 heterocycles. The van der Waals surface area contributed by atoms with E-state index in [-0.39, 0.29) is 34.1 Å². The van der Waals surface area contributed by atoms with Gasteiger partial charge in [-0.25, -0.2) is 4.79 Å². The highest BCUT2D eigenvalue weighted by Gasteiger charge is 2.32. The maximum absolute atomic E-state index is 13.9. The Labute approximate surface area is 205 Å². The SMILES string of the molecule is CC(C)c1ccc(N(Cc2ccc(C(=O)O)cc2)C(=O)C2CCCc3c(O)cccc32)cc1.O.O. The van der Waals surface area contributed by atoms with E-state index in [1.54, 1.807) is 41.3 Å². The van der Waals surface area contributed by atoms with Crippen molar-refractivity contribution in [1.29, 1.82) is 0 Å². The van der Waals surface area contributed by atoms with Gasteiger partial charge < -0.3 is 26.1 Å². The van der Waals surface area contributed by atoms with Gasteiger partial charge in [-0.15, -0.1) is 0 Å². The molecule has 0 aromatic heterocycles. The fourth-order valence-electron chi connectivity index (χ4n) is 4.54. The topological polar surface area (TPSA) is 141 Å². The number of amides is 1. The lowest BCUT2D eigenvalue weighted by Crippen LogP contribution is -2.36. The molecule has 7 heteroatoms. The van der Waals surface area contributed by atoms with Crippen LogP contribution in [0.15, 0.2) is 66.7 Å². The number of hydrogen-bond acceptors (Lipinski definition) is 3. The Morgan fingerprint density at radius 3 is 2.23 bits per heavy atom. The van der Waals surface area contributed by atoms with E-state index in [4.69, 9.17) is 0 Å². The minimum Gasteiger partial charge on any atom is -0.508 e. The van der Waals surface area contributed by atoms with Crippen molar-refractivity contribution in [1.82, 2.24) is 0 Å². The van der Waals surface area contributed by atoms with Gasteiger partial charge in [0.1, 0.15) is 5.75 Å². The number of carboxylic acid groups (broad SMARTS) is 1. The number of aromatic hydroxyl groups is 1. The summed E-state index contributed by atoms with van der Waals surface area (Å²) in [7, 11) is 0. The van der Waals surface area contributed by atoms with Crippen LogP contribution >= 0.6 is 0 Å². The van der Waals surface area contributed by atoms with Gasteiger partial charge in [-0.05, 0) is 77.8 Å². The number of nitrogens with zero attached hydrogens (tertiary/aromatic N) is 1. The number of benzene rings is 3. The van der Waals surface area contributed by atoms with Gasteiger partial charge in [0.2, 0.25) is 5.91 Å². The Balaban J connectivity index is 0.00000216. The zero-order valence-electron chi connectivity index (χ0n) is 20.0. The van der Waals surface area contributed by atoms with E-state index in [1.165, 1.54) is 5.56 Å². The van der Waals surface area contributed by atoms with Crippen LogP contribution in [0.3, 0.4) is 0 Å². The summed E-state index contributed by atoms with van der Waals surface area (Å²) in [6, 6.07) is 20.1. The third-order valence-corrected chi connectivity index (χ3v) is 6.46. The van der Waals surface area contributed by atoms with Gasteiger partial charge in [0.25, 0.3) is 0 Å². The molecule has 1 aliphatic rings. The highest BCUT2D eigenvalue weighted by atomic mass is 16.4. The van der Waals surface area contributed by atoms with Crippen molar-refractivity contribution >= 4 is 17.6 Å². The Morgan fingerprint density at radius 2 is 1.63 bits per heavy atom. The molecular formula is C28H33NO6. The van der Waals surface area contributed by atoms with E-state index in [0.717, 1.165) is 41.6 Å². The van der Waals surface area contributed by atoms with Crippen LogP contribution in [-0.2, 0) is 17.8 Å². The Hall–Kier alpha value is -3.68. The molecule has 3 aromatic rings. The predicted molar refractivity (Wildman–Crippen MR) is 136 cm³/mol. The van der Waals surface area contributed by atoms with Crippen molar-refractivity contribution < 1.29 is 30.8 Å². The number of carboxylic acids is 1. The van der Waals surface area contributed by atoms with Crippen LogP contribution in [0.4, 0.5) is 5.69 Å². The first-order valence-corrected chi connectivity index (χ1v) is 11.4. The number of fused-ring (bicyclic) bond motifs is 1. The Morgan fingerprint density at radius 1 is 0.971 bits per heavy atom. The standard InChI is InChI=1S/C28H29NO4.2H2O/c1-18(2)20-13-15-22(16-14-20)29(17-19-9-11-21(12-10-19)28(32)33)27(31)25-7-3-6-24-23(25)5-4-8-26(24)30;;/h4-5,8-16,18,25,30H,3,6-7,17H2,1-2H3,(H,32,33);2*1H2. The van der Waals surface area contributed by atoms with Crippen LogP contribution in [-0.4, -0.2) is 33.0 Å². The van der Waals surface area contributed by atoms with Gasteiger partial charge in [0.05, 0.1) is 18.0 Å². The summed E-state index contributed by atoms with van der Waals surface area (Å²) in [5.41, 5.74) is 4.84. The Kier molecular flexibility index (Phi) is 9.17. The van der Waals surface area contributed by atoms with E-state index < -0.39 is 5.97 Å². The quantitative estimate of drug-likeness (QED) is 0.546. The first kappa shape index (κ1) is 27.6. The summed E-state index contributed by atoms with van der Waals surface area (Å²) in [4.78, 5) is 26.9. The van der Waals surface area contributed by atoms with Crippen molar-refractivity contribution in [2.45, 2.75) is 51.5 Å². The van der Waals surface area contributed by atoms with Crippen LogP contribution in [0.2, 0.25) is 0 Å². The van der Waals surface area contributed by atoms with E-state index in [9.17, 15) is 19.8 Å². The number of rotatable bonds is 6. The highest BCUT2D eigenvalue weighted by molar-refractivity contribution is 5.98. The molecule has 1 aliphatic carbocycles. The van der Waals surface area contributed by atoms with Crippen molar-refractivity contribution in [2.24, 2.45) is 0 Å². The maximum Gasteiger partial charge on any atom is 0.335 e. The summed E-state index contributed by atoms with van der Waals surface area (Å²) in [5, 5.41) is 19.5. The number of anilines is 1. The first-order valence-electron chi connectivity index (χ1n) is 11.4. The number of hydrogen-bond donors (Lipinski definition) is 2. The summed E-state index contributed by atoms with van der Waals surface area (Å²) >= 11 is 0. The molecule has 0 saturated carbocycles. The van der Waals surface area contributed by atoms with Gasteiger partial charge in [-0.3, -0.25) is 4.79 Å². The van der Waals surface area contributed by atoms with Crippen LogP contribution in [0, 0.1) is 0 Å². The largest absolute Gasteiger partial charge is 0.508 e. The summed E-state index contributed by atoms with van der Waals surface area (Å²) in [6.07, 6.45) is 2.34. The molecule has 0 aliphatic heterocycles. The minimum absolute atomic E-state index is 0. The van der Waals surface area contributed by atoms with E-state index in [2.05, 4.69) is 26.0 Å². The molecule has 35 heavy (non-hydrogen) atoms. The summed E-state index contributed by atoms with van der Waals surface area (Å²) in [5.74, 6) is -0.676. The number of phenolic OH excluding ortho intramolecular Hbond substituents is 1. The molecule has 0 fully saturated rings. The molecule has 6 N–H and O–H groups in total. The second kappa shape index (κ2) is 11.6. The summed E-state index contributed by atoms with van der Waals surface area (Å²) < 4.78 is 0. The lowest BCUT2D eigenvalue weighted by Gasteiger charge is -2.31. The van der Waals surface area contributed by atoms with Crippen LogP contribution in [0.25, 0.3) is 0 Å². The average molecular weight is 480 g/mol. The maximum atomic E-state index is 13.9. The third-order valence-electron chi connectivity index (χ3n) is 6.46. The number of phenols is 1. The molecule has 0 spiro atoms. The van der Waals surface area contributed by atoms with Gasteiger partial charge in [0, 0.05) is 5.69 Å². The molecule has 3 aromatic carbocycles. The monoisotopic (exact) mass is 479 g/mol. The molecule has 186 valence electrons. The van der Waals surface area contributed by atoms with Gasteiger partial charge in [-0.1, -0.05) is 50.2 Å². The molecule has 1 unspecified atom stereocenters. The van der Waals surface area contributed by atoms with Crippen LogP contribution < -0.4 is 4.90 Å². The smallest absolute Gasteiger partial charge is 0.335 e. The van der Waals surface area contributed by atoms with Crippen molar-refractivity contribution in [2.75, 3.05) is 4.90 Å². The zero-order chi connectivity index (χ0) is 23.5. The lowest BCUT2D eigenvalue weighted by molar-refractivity contribution is -0.120. The highest BCUT2D eigenvalue weighted by Crippen LogP contribution is 2.38. The number of carbonyl (C=O) groups excluding carboxylic acids is 1. The van der Waals surface area contributed by atoms with Crippen molar-refractivity contribution in [3.63, 3.8) is 0 Å². The van der Waals surface area contributed by atoms with E-state index >= 15 is 0 Å². The van der Waals surface area contributed by atoms with E-state index in [1.807, 2.05) is 18.2 Å². The zero-order valence-corrected chi connectivity index (χ0v) is 20.0. The molecule has 0 bridgehead atoms. The van der Waals surface area contributed by atoms with Gasteiger partial charge >= 0.3 is 5.97 Å². The first-order chi connectivity index (χ1) is 15.8. The molecule has 0 radical (unpaired) electrons. The molecule has 7 nitrogen and oxygen atoms in total. The second-order valence-corrected chi connectivity index (χ2v) is 8.96. The third kappa shape index (κ3) is 5.88. The van der Waals surface area contributed by atoms with Crippen LogP contribution in [0.5, 0.6) is 5.75 Å². The fraction of sp³-hybridized carbons (Fsp3) is 0.286. The fourth-order valence-corrected chi connectivity index (χ4v) is 4.54. The predicted octanol–water partition coefficient (Wildman–Crippen LogP) is 4.22. The lowest BCUT2D eigenvalue weighted by atomic mass is 9.81. The van der Waals surface area contributed by atoms with Crippen molar-refractivity contribution in [3.8, 4) is 5.75 Å². The molecular weight excluding hydrogens is 446 g/mol. The second-order valence-electron chi connectivity index (χ2n) is 8.96. The summed E-state index contributed by atoms with van der Waals surface area (Å²) in [6.45, 7) is 4.60. The number of carbonyl (C=O) groups is 2. The average Bonchev–Trinajstić information content (AvgIpc) is 2.82. The van der Waals surface area contributed by atoms with Crippen molar-refractivity contribution in [3.05, 3.63) is 94.5 Å². The normalized spacial score (nSPS) is 14.3. The molecule has 0 saturated heterocycles. The van der Waals surface area contributed by atoms with E-state index in [0.29, 0.717) is 12.5 Å². The van der Waals surface area contributed by atoms with Gasteiger partial charge in [-0.2, -0.15) is 0 Å².